The Morgan fingerprint density at radius 1 is 1.15 bits per heavy atom. The average molecular weight is 273 g/mol. The minimum absolute atomic E-state index is 0.402. The zero-order valence-electron chi connectivity index (χ0n) is 13.3. The lowest BCUT2D eigenvalue weighted by atomic mass is 9.60. The summed E-state index contributed by atoms with van der Waals surface area (Å²) < 4.78 is 6.47. The summed E-state index contributed by atoms with van der Waals surface area (Å²) in [5.41, 5.74) is 4.34. The van der Waals surface area contributed by atoms with Gasteiger partial charge in [0.15, 0.2) is 0 Å². The lowest BCUT2D eigenvalue weighted by Crippen LogP contribution is -2.63. The molecule has 3 rings (SSSR count). The van der Waals surface area contributed by atoms with Gasteiger partial charge in [-0.05, 0) is 63.4 Å². The van der Waals surface area contributed by atoms with Gasteiger partial charge in [0, 0.05) is 17.9 Å². The number of hydrogen-bond acceptors (Lipinski definition) is 2. The van der Waals surface area contributed by atoms with Crippen LogP contribution in [0.2, 0.25) is 0 Å². The number of nitrogens with one attached hydrogen (secondary N) is 1. The fourth-order valence-electron chi connectivity index (χ4n) is 4.30. The van der Waals surface area contributed by atoms with Crippen molar-refractivity contribution < 1.29 is 4.74 Å². The van der Waals surface area contributed by atoms with Crippen molar-refractivity contribution in [3.8, 4) is 5.75 Å². The van der Waals surface area contributed by atoms with E-state index in [9.17, 15) is 0 Å². The Morgan fingerprint density at radius 3 is 2.50 bits per heavy atom. The minimum atomic E-state index is 0.402. The molecule has 2 atom stereocenters. The second kappa shape index (κ2) is 5.07. The zero-order chi connectivity index (χ0) is 14.3. The lowest BCUT2D eigenvalue weighted by molar-refractivity contribution is -0.0739. The van der Waals surface area contributed by atoms with E-state index in [1.54, 1.807) is 0 Å². The molecular weight excluding hydrogens is 246 g/mol. The first-order chi connectivity index (χ1) is 9.56. The first-order valence-corrected chi connectivity index (χ1v) is 7.98. The Bertz CT molecular complexity index is 502. The highest BCUT2D eigenvalue weighted by Gasteiger charge is 2.57. The molecule has 2 fully saturated rings. The van der Waals surface area contributed by atoms with Crippen LogP contribution < -0.4 is 10.1 Å². The van der Waals surface area contributed by atoms with Gasteiger partial charge in [-0.3, -0.25) is 0 Å². The average Bonchev–Trinajstić information content (AvgIpc) is 2.91. The second-order valence-corrected chi connectivity index (χ2v) is 6.83. The molecule has 2 heteroatoms. The molecule has 1 aromatic carbocycles. The molecule has 2 nitrogen and oxygen atoms in total. The highest BCUT2D eigenvalue weighted by molar-refractivity contribution is 5.42. The van der Waals surface area contributed by atoms with Crippen LogP contribution in [0, 0.1) is 26.2 Å². The topological polar surface area (TPSA) is 21.3 Å². The largest absolute Gasteiger partial charge is 0.489 e. The normalized spacial score (nSPS) is 27.6. The van der Waals surface area contributed by atoms with E-state index in [1.165, 1.54) is 42.4 Å². The molecule has 2 aliphatic rings. The van der Waals surface area contributed by atoms with Gasteiger partial charge in [0.05, 0.1) is 0 Å². The molecule has 1 N–H and O–H groups in total. The standard InChI is InChI=1S/C18H27NO/c1-12-9-13(2)14(3)15(10-12)20-17-11-16(19-4)18(17)7-5-6-8-18/h9-10,16-17,19H,5-8,11H2,1-4H3. The third-order valence-corrected chi connectivity index (χ3v) is 5.70. The summed E-state index contributed by atoms with van der Waals surface area (Å²) in [5.74, 6) is 1.10. The first-order valence-electron chi connectivity index (χ1n) is 7.98. The van der Waals surface area contributed by atoms with E-state index in [-0.39, 0.29) is 0 Å². The third kappa shape index (κ3) is 2.05. The Kier molecular flexibility index (Phi) is 3.53. The third-order valence-electron chi connectivity index (χ3n) is 5.70. The molecular formula is C18H27NO. The van der Waals surface area contributed by atoms with Gasteiger partial charge in [-0.1, -0.05) is 18.9 Å². The number of hydrogen-bond donors (Lipinski definition) is 1. The Labute approximate surface area is 122 Å². The lowest BCUT2D eigenvalue weighted by Gasteiger charge is -2.53. The van der Waals surface area contributed by atoms with Crippen LogP contribution in [0.4, 0.5) is 0 Å². The van der Waals surface area contributed by atoms with Crippen molar-refractivity contribution in [2.24, 2.45) is 5.41 Å². The summed E-state index contributed by atoms with van der Waals surface area (Å²) in [6.45, 7) is 6.51. The maximum Gasteiger partial charge on any atom is 0.123 e. The highest BCUT2D eigenvalue weighted by Crippen LogP contribution is 2.54. The summed E-state index contributed by atoms with van der Waals surface area (Å²) in [5, 5.41) is 3.51. The van der Waals surface area contributed by atoms with Crippen LogP contribution in [-0.4, -0.2) is 19.2 Å². The number of aryl methyl sites for hydroxylation is 2. The van der Waals surface area contributed by atoms with Crippen molar-refractivity contribution in [1.29, 1.82) is 0 Å². The van der Waals surface area contributed by atoms with Gasteiger partial charge in [0.2, 0.25) is 0 Å². The van der Waals surface area contributed by atoms with Crippen molar-refractivity contribution in [1.82, 2.24) is 5.32 Å². The fourth-order valence-corrected chi connectivity index (χ4v) is 4.30. The van der Waals surface area contributed by atoms with Gasteiger partial charge in [-0.2, -0.15) is 0 Å². The predicted molar refractivity (Wildman–Crippen MR) is 83.4 cm³/mol. The van der Waals surface area contributed by atoms with Crippen molar-refractivity contribution in [3.05, 3.63) is 28.8 Å². The summed E-state index contributed by atoms with van der Waals surface area (Å²) in [4.78, 5) is 0. The van der Waals surface area contributed by atoms with Crippen molar-refractivity contribution in [2.45, 2.75) is 65.0 Å². The SMILES string of the molecule is CNC1CC(Oc2cc(C)cc(C)c2C)C12CCCC2. The Balaban J connectivity index is 1.82. The van der Waals surface area contributed by atoms with Crippen LogP contribution >= 0.6 is 0 Å². The van der Waals surface area contributed by atoms with Crippen LogP contribution in [0.25, 0.3) is 0 Å². The van der Waals surface area contributed by atoms with Crippen LogP contribution in [0.3, 0.4) is 0 Å². The van der Waals surface area contributed by atoms with Crippen LogP contribution in [0.15, 0.2) is 12.1 Å². The number of rotatable bonds is 3. The van der Waals surface area contributed by atoms with Gasteiger partial charge in [0.25, 0.3) is 0 Å². The first kappa shape index (κ1) is 13.9. The molecule has 0 heterocycles. The van der Waals surface area contributed by atoms with E-state index < -0.39 is 0 Å². The molecule has 0 aromatic heterocycles. The molecule has 0 radical (unpaired) electrons. The molecule has 1 aromatic rings. The monoisotopic (exact) mass is 273 g/mol. The molecule has 0 aliphatic heterocycles. The molecule has 0 amide bonds. The van der Waals surface area contributed by atoms with Gasteiger partial charge in [0.1, 0.15) is 11.9 Å². The minimum Gasteiger partial charge on any atom is -0.489 e. The Morgan fingerprint density at radius 2 is 1.85 bits per heavy atom. The summed E-state index contributed by atoms with van der Waals surface area (Å²) in [6, 6.07) is 5.10. The molecule has 20 heavy (non-hydrogen) atoms. The van der Waals surface area contributed by atoms with Gasteiger partial charge < -0.3 is 10.1 Å². The van der Waals surface area contributed by atoms with E-state index >= 15 is 0 Å². The molecule has 1 spiro atoms. The van der Waals surface area contributed by atoms with Gasteiger partial charge in [-0.25, -0.2) is 0 Å². The quantitative estimate of drug-likeness (QED) is 0.901. The Hall–Kier alpha value is -1.02. The van der Waals surface area contributed by atoms with E-state index in [0.29, 0.717) is 17.6 Å². The van der Waals surface area contributed by atoms with Crippen molar-refractivity contribution >= 4 is 0 Å². The maximum atomic E-state index is 6.47. The van der Waals surface area contributed by atoms with Gasteiger partial charge in [-0.15, -0.1) is 0 Å². The predicted octanol–water partition coefficient (Wildman–Crippen LogP) is 3.91. The number of benzene rings is 1. The maximum absolute atomic E-state index is 6.47. The second-order valence-electron chi connectivity index (χ2n) is 6.83. The highest BCUT2D eigenvalue weighted by atomic mass is 16.5. The van der Waals surface area contributed by atoms with E-state index in [4.69, 9.17) is 4.74 Å². The van der Waals surface area contributed by atoms with E-state index in [2.05, 4.69) is 45.3 Å². The smallest absolute Gasteiger partial charge is 0.123 e. The molecule has 2 unspecified atom stereocenters. The molecule has 2 saturated carbocycles. The molecule has 0 saturated heterocycles. The van der Waals surface area contributed by atoms with E-state index in [0.717, 1.165) is 12.2 Å². The summed E-state index contributed by atoms with van der Waals surface area (Å²) in [6.07, 6.45) is 6.94. The van der Waals surface area contributed by atoms with Gasteiger partial charge >= 0.3 is 0 Å². The summed E-state index contributed by atoms with van der Waals surface area (Å²) >= 11 is 0. The van der Waals surface area contributed by atoms with Crippen LogP contribution in [0.5, 0.6) is 5.75 Å². The summed E-state index contributed by atoms with van der Waals surface area (Å²) in [7, 11) is 2.10. The van der Waals surface area contributed by atoms with Crippen LogP contribution in [-0.2, 0) is 0 Å². The van der Waals surface area contributed by atoms with Crippen molar-refractivity contribution in [2.75, 3.05) is 7.05 Å². The van der Waals surface area contributed by atoms with E-state index in [1.807, 2.05) is 0 Å². The molecule has 2 aliphatic carbocycles. The molecule has 110 valence electrons. The number of ether oxygens (including phenoxy) is 1. The fraction of sp³-hybridized carbons (Fsp3) is 0.667. The van der Waals surface area contributed by atoms with Crippen LogP contribution in [0.1, 0.15) is 48.8 Å². The zero-order valence-corrected chi connectivity index (χ0v) is 13.3. The van der Waals surface area contributed by atoms with Crippen molar-refractivity contribution in [3.63, 3.8) is 0 Å². The molecule has 0 bridgehead atoms.